The van der Waals surface area contributed by atoms with E-state index in [1.807, 2.05) is 74.5 Å². The highest BCUT2D eigenvalue weighted by atomic mass is 79.9. The number of non-ortho nitro benzene ring substituents is 1. The maximum absolute atomic E-state index is 13.7. The highest BCUT2D eigenvalue weighted by molar-refractivity contribution is 9.10. The molecule has 0 aliphatic rings. The molecule has 0 fully saturated rings. The molecule has 4 aromatic carbocycles. The zero-order chi connectivity index (χ0) is 32.7. The van der Waals surface area contributed by atoms with Crippen LogP contribution in [0.2, 0.25) is 0 Å². The van der Waals surface area contributed by atoms with Crippen molar-refractivity contribution in [3.05, 3.63) is 151 Å². The van der Waals surface area contributed by atoms with Gasteiger partial charge in [-0.25, -0.2) is 4.98 Å². The number of para-hydroxylation sites is 1. The van der Waals surface area contributed by atoms with Crippen molar-refractivity contribution in [2.24, 2.45) is 5.10 Å². The molecule has 7 rings (SSSR count). The first-order chi connectivity index (χ1) is 22.7. The van der Waals surface area contributed by atoms with Gasteiger partial charge in [-0.15, -0.1) is 0 Å². The van der Waals surface area contributed by atoms with E-state index in [2.05, 4.69) is 25.6 Å². The topological polar surface area (TPSA) is 118 Å². The first kappa shape index (κ1) is 29.9. The molecule has 0 aliphatic heterocycles. The lowest BCUT2D eigenvalue weighted by atomic mass is 10.2. The Kier molecular flexibility index (Phi) is 7.74. The molecule has 0 bridgehead atoms. The molecule has 0 unspecified atom stereocenters. The van der Waals surface area contributed by atoms with Crippen molar-refractivity contribution in [1.29, 1.82) is 0 Å². The summed E-state index contributed by atoms with van der Waals surface area (Å²) < 4.78 is 16.3. The number of nitro groups is 1. The molecule has 10 nitrogen and oxygen atoms in total. The van der Waals surface area contributed by atoms with Crippen molar-refractivity contribution in [3.63, 3.8) is 0 Å². The summed E-state index contributed by atoms with van der Waals surface area (Å²) in [6.45, 7) is 4.19. The van der Waals surface area contributed by atoms with E-state index < -0.39 is 4.92 Å². The third-order valence-corrected chi connectivity index (χ3v) is 8.35. The van der Waals surface area contributed by atoms with Gasteiger partial charge in [-0.2, -0.15) is 9.78 Å². The van der Waals surface area contributed by atoms with E-state index in [0.29, 0.717) is 39.4 Å². The molecule has 0 radical (unpaired) electrons. The van der Waals surface area contributed by atoms with E-state index in [4.69, 9.17) is 14.1 Å². The van der Waals surface area contributed by atoms with Crippen molar-refractivity contribution in [1.82, 2.24) is 14.2 Å². The smallest absolute Gasteiger partial charge is 0.282 e. The van der Waals surface area contributed by atoms with Crippen molar-refractivity contribution in [2.45, 2.75) is 20.5 Å². The Hall–Kier alpha value is -5.81. The fourth-order valence-corrected chi connectivity index (χ4v) is 5.95. The standard InChI is InChI=1S/C36H26BrN5O5/c1-22-16-26(23(2)40(22)28-11-13-30(14-12-28)46-21-24-6-5-7-29(17-24)42(44)45)20-38-41-35(39-32-9-4-3-8-31(32)36(41)43)34-19-25-18-27(37)10-15-33(25)47-34/h3-20H,21H2,1-2H3. The number of benzene rings is 4. The van der Waals surface area contributed by atoms with Gasteiger partial charge in [0.15, 0.2) is 5.76 Å². The van der Waals surface area contributed by atoms with Crippen LogP contribution in [0.4, 0.5) is 5.69 Å². The van der Waals surface area contributed by atoms with Gasteiger partial charge in [-0.3, -0.25) is 14.9 Å². The number of nitrogens with zero attached hydrogens (tertiary/aromatic N) is 5. The summed E-state index contributed by atoms with van der Waals surface area (Å²) in [5, 5.41) is 17.1. The van der Waals surface area contributed by atoms with Crippen LogP contribution in [0.25, 0.3) is 39.1 Å². The maximum Gasteiger partial charge on any atom is 0.282 e. The minimum Gasteiger partial charge on any atom is -0.489 e. The van der Waals surface area contributed by atoms with Gasteiger partial charge in [0, 0.05) is 44.6 Å². The lowest BCUT2D eigenvalue weighted by Crippen LogP contribution is -2.20. The van der Waals surface area contributed by atoms with Crippen molar-refractivity contribution < 1.29 is 14.1 Å². The minimum absolute atomic E-state index is 0.0280. The number of aryl methyl sites for hydroxylation is 1. The van der Waals surface area contributed by atoms with E-state index in [-0.39, 0.29) is 17.9 Å². The number of hydrogen-bond acceptors (Lipinski definition) is 7. The largest absolute Gasteiger partial charge is 0.489 e. The Morgan fingerprint density at radius 2 is 1.79 bits per heavy atom. The lowest BCUT2D eigenvalue weighted by Gasteiger charge is -2.11. The average molecular weight is 689 g/mol. The quantitative estimate of drug-likeness (QED) is 0.0900. The molecule has 7 aromatic rings. The summed E-state index contributed by atoms with van der Waals surface area (Å²) in [7, 11) is 0. The van der Waals surface area contributed by atoms with E-state index in [0.717, 1.165) is 32.5 Å². The van der Waals surface area contributed by atoms with Crippen LogP contribution >= 0.6 is 15.9 Å². The molecule has 0 N–H and O–H groups in total. The number of nitro benzene ring substituents is 1. The summed E-state index contributed by atoms with van der Waals surface area (Å²) in [4.78, 5) is 29.2. The van der Waals surface area contributed by atoms with Gasteiger partial charge < -0.3 is 13.7 Å². The summed E-state index contributed by atoms with van der Waals surface area (Å²) in [6.07, 6.45) is 1.66. The predicted molar refractivity (Wildman–Crippen MR) is 185 cm³/mol. The Bertz CT molecular complexity index is 2410. The second-order valence-corrected chi connectivity index (χ2v) is 11.9. The molecular weight excluding hydrogens is 662 g/mol. The Balaban J connectivity index is 1.19. The van der Waals surface area contributed by atoms with E-state index in [1.165, 1.54) is 16.8 Å². The van der Waals surface area contributed by atoms with Crippen LogP contribution in [0.3, 0.4) is 0 Å². The predicted octanol–water partition coefficient (Wildman–Crippen LogP) is 8.35. The summed E-state index contributed by atoms with van der Waals surface area (Å²) >= 11 is 3.50. The Morgan fingerprint density at radius 1 is 0.979 bits per heavy atom. The Labute approximate surface area is 276 Å². The van der Waals surface area contributed by atoms with Crippen LogP contribution < -0.4 is 10.3 Å². The third-order valence-electron chi connectivity index (χ3n) is 7.86. The fourth-order valence-electron chi connectivity index (χ4n) is 5.57. The SMILES string of the molecule is Cc1cc(C=Nn2c(-c3cc4cc(Br)ccc4o3)nc3ccccc3c2=O)c(C)n1-c1ccc(OCc2cccc([N+](=O)[O-])c2)cc1. The molecule has 3 aromatic heterocycles. The van der Waals surface area contributed by atoms with Crippen LogP contribution in [0, 0.1) is 24.0 Å². The first-order valence-corrected chi connectivity index (χ1v) is 15.5. The second-order valence-electron chi connectivity index (χ2n) is 11.0. The molecule has 232 valence electrons. The van der Waals surface area contributed by atoms with Gasteiger partial charge in [0.25, 0.3) is 11.2 Å². The third kappa shape index (κ3) is 5.84. The normalized spacial score (nSPS) is 11.6. The minimum atomic E-state index is -0.422. The molecule has 0 amide bonds. The number of hydrogen-bond donors (Lipinski definition) is 0. The zero-order valence-corrected chi connectivity index (χ0v) is 26.8. The molecule has 11 heteroatoms. The van der Waals surface area contributed by atoms with Gasteiger partial charge in [0.1, 0.15) is 17.9 Å². The van der Waals surface area contributed by atoms with E-state index >= 15 is 0 Å². The number of rotatable bonds is 8. The second kappa shape index (κ2) is 12.2. The highest BCUT2D eigenvalue weighted by Gasteiger charge is 2.17. The van der Waals surface area contributed by atoms with Crippen LogP contribution in [0.15, 0.2) is 122 Å². The van der Waals surface area contributed by atoms with Crippen molar-refractivity contribution >= 4 is 49.7 Å². The zero-order valence-electron chi connectivity index (χ0n) is 25.3. The van der Waals surface area contributed by atoms with Gasteiger partial charge in [0.2, 0.25) is 5.82 Å². The van der Waals surface area contributed by atoms with Gasteiger partial charge in [-0.05, 0) is 86.1 Å². The fraction of sp³-hybridized carbons (Fsp3) is 0.0833. The first-order valence-electron chi connectivity index (χ1n) is 14.7. The monoisotopic (exact) mass is 687 g/mol. The molecule has 0 aliphatic carbocycles. The van der Waals surface area contributed by atoms with Gasteiger partial charge in [-0.1, -0.05) is 40.2 Å². The summed E-state index contributed by atoms with van der Waals surface area (Å²) in [6, 6.07) is 30.7. The molecule has 47 heavy (non-hydrogen) atoms. The number of ether oxygens (including phenoxy) is 1. The van der Waals surface area contributed by atoms with Crippen LogP contribution in [0.1, 0.15) is 22.5 Å². The number of furan rings is 1. The van der Waals surface area contributed by atoms with Gasteiger partial charge in [0.05, 0.1) is 22.0 Å². The average Bonchev–Trinajstić information content (AvgIpc) is 3.62. The van der Waals surface area contributed by atoms with Crippen molar-refractivity contribution in [2.75, 3.05) is 0 Å². The highest BCUT2D eigenvalue weighted by Crippen LogP contribution is 2.29. The van der Waals surface area contributed by atoms with E-state index in [1.54, 1.807) is 36.5 Å². The molecule has 0 saturated heterocycles. The molecule has 0 saturated carbocycles. The molecule has 0 spiro atoms. The maximum atomic E-state index is 13.7. The molecule has 0 atom stereocenters. The number of halogens is 1. The number of fused-ring (bicyclic) bond motifs is 2. The van der Waals surface area contributed by atoms with Gasteiger partial charge >= 0.3 is 0 Å². The molecule has 3 heterocycles. The summed E-state index contributed by atoms with van der Waals surface area (Å²) in [5.74, 6) is 1.36. The molecular formula is C36H26BrN5O5. The lowest BCUT2D eigenvalue weighted by molar-refractivity contribution is -0.384. The van der Waals surface area contributed by atoms with Crippen LogP contribution in [0.5, 0.6) is 5.75 Å². The van der Waals surface area contributed by atoms with Crippen LogP contribution in [-0.2, 0) is 6.61 Å². The van der Waals surface area contributed by atoms with E-state index in [9.17, 15) is 14.9 Å². The number of aromatic nitrogens is 3. The van der Waals surface area contributed by atoms with Crippen molar-refractivity contribution in [3.8, 4) is 23.0 Å². The summed E-state index contributed by atoms with van der Waals surface area (Å²) in [5.41, 5.74) is 5.30. The van der Waals surface area contributed by atoms with Crippen LogP contribution in [-0.4, -0.2) is 25.4 Å². The Morgan fingerprint density at radius 3 is 2.60 bits per heavy atom.